The molecule has 0 spiro atoms. The number of hydrogen-bond donors (Lipinski definition) is 1. The van der Waals surface area contributed by atoms with Gasteiger partial charge in [0.25, 0.3) is 0 Å². The molecule has 1 N–H and O–H groups in total. The van der Waals surface area contributed by atoms with Crippen LogP contribution in [0.2, 0.25) is 10.0 Å². The van der Waals surface area contributed by atoms with Crippen molar-refractivity contribution in [1.29, 1.82) is 0 Å². The molecule has 6 heteroatoms. The van der Waals surface area contributed by atoms with Gasteiger partial charge < -0.3 is 10.1 Å². The maximum atomic E-state index is 6.28. The van der Waals surface area contributed by atoms with E-state index < -0.39 is 0 Å². The number of halogens is 2. The van der Waals surface area contributed by atoms with Crippen LogP contribution in [0.1, 0.15) is 11.1 Å². The molecule has 3 aromatic carbocycles. The smallest absolute Gasteiger partial charge is 0.182 e. The largest absolute Gasteiger partial charge is 0.488 e. The Kier molecular flexibility index (Phi) is 5.48. The van der Waals surface area contributed by atoms with E-state index in [4.69, 9.17) is 27.9 Å². The van der Waals surface area contributed by atoms with Crippen molar-refractivity contribution in [2.24, 2.45) is 0 Å². The second-order valence-corrected chi connectivity index (χ2v) is 7.72. The molecule has 136 valence electrons. The lowest BCUT2D eigenvalue weighted by Gasteiger charge is -2.15. The summed E-state index contributed by atoms with van der Waals surface area (Å²) in [5, 5.41) is 9.75. The van der Waals surface area contributed by atoms with Crippen molar-refractivity contribution < 1.29 is 4.74 Å². The fourth-order valence-corrected chi connectivity index (χ4v) is 3.89. The van der Waals surface area contributed by atoms with Gasteiger partial charge in [0, 0.05) is 39.3 Å². The third-order valence-electron chi connectivity index (χ3n) is 4.24. The third-order valence-corrected chi connectivity index (χ3v) is 5.56. The van der Waals surface area contributed by atoms with Crippen LogP contribution in [0.3, 0.4) is 0 Å². The van der Waals surface area contributed by atoms with Crippen molar-refractivity contribution >= 4 is 50.4 Å². The number of thiazole rings is 1. The lowest BCUT2D eigenvalue weighted by atomic mass is 10.0. The normalized spacial score (nSPS) is 10.9. The Morgan fingerprint density at radius 1 is 1.04 bits per heavy atom. The Balaban J connectivity index is 1.63. The molecule has 0 aliphatic carbocycles. The minimum absolute atomic E-state index is 0.374. The summed E-state index contributed by atoms with van der Waals surface area (Å²) in [6.07, 6.45) is 1.79. The molecular formula is C21H16Cl2N2OS. The van der Waals surface area contributed by atoms with Gasteiger partial charge in [-0.2, -0.15) is 0 Å². The highest BCUT2D eigenvalue weighted by atomic mass is 35.5. The van der Waals surface area contributed by atoms with E-state index in [0.717, 1.165) is 27.4 Å². The van der Waals surface area contributed by atoms with Gasteiger partial charge in [0.2, 0.25) is 0 Å². The van der Waals surface area contributed by atoms with Crippen LogP contribution in [-0.4, -0.2) is 4.98 Å². The standard InChI is InChI=1S/C21H16Cl2N2OS/c22-16-7-5-15(19(23)11-16)13-26-20-8-6-14-3-1-2-4-17(14)18(20)12-25-21-24-9-10-27-21/h1-11H,12-13H2,(H,24,25). The lowest BCUT2D eigenvalue weighted by molar-refractivity contribution is 0.304. The highest BCUT2D eigenvalue weighted by Gasteiger charge is 2.11. The predicted molar refractivity (Wildman–Crippen MR) is 114 cm³/mol. The van der Waals surface area contributed by atoms with Crippen molar-refractivity contribution in [2.45, 2.75) is 13.2 Å². The summed E-state index contributed by atoms with van der Waals surface area (Å²) >= 11 is 13.8. The van der Waals surface area contributed by atoms with Crippen molar-refractivity contribution in [3.05, 3.63) is 87.3 Å². The fraction of sp³-hybridized carbons (Fsp3) is 0.0952. The van der Waals surface area contributed by atoms with Gasteiger partial charge in [-0.15, -0.1) is 11.3 Å². The summed E-state index contributed by atoms with van der Waals surface area (Å²) in [6, 6.07) is 17.8. The maximum absolute atomic E-state index is 6.28. The SMILES string of the molecule is Clc1ccc(COc2ccc3ccccc3c2CNc2nccs2)c(Cl)c1. The van der Waals surface area contributed by atoms with Gasteiger partial charge in [-0.1, -0.05) is 59.6 Å². The molecule has 1 heterocycles. The van der Waals surface area contributed by atoms with Crippen LogP contribution in [0.25, 0.3) is 10.8 Å². The van der Waals surface area contributed by atoms with E-state index in [2.05, 4.69) is 28.5 Å². The third kappa shape index (κ3) is 4.19. The first-order chi connectivity index (χ1) is 13.2. The average molecular weight is 415 g/mol. The average Bonchev–Trinajstić information content (AvgIpc) is 3.19. The molecule has 0 atom stereocenters. The second-order valence-electron chi connectivity index (χ2n) is 5.98. The second kappa shape index (κ2) is 8.17. The molecule has 0 saturated heterocycles. The number of benzene rings is 3. The minimum atomic E-state index is 0.374. The molecule has 0 amide bonds. The summed E-state index contributed by atoms with van der Waals surface area (Å²) in [4.78, 5) is 4.29. The molecule has 0 saturated carbocycles. The van der Waals surface area contributed by atoms with Crippen LogP contribution in [0.4, 0.5) is 5.13 Å². The maximum Gasteiger partial charge on any atom is 0.182 e. The quantitative estimate of drug-likeness (QED) is 0.376. The zero-order valence-electron chi connectivity index (χ0n) is 14.3. The number of ether oxygens (including phenoxy) is 1. The first kappa shape index (κ1) is 18.1. The topological polar surface area (TPSA) is 34.1 Å². The summed E-state index contributed by atoms with van der Waals surface area (Å²) in [5.74, 6) is 0.823. The van der Waals surface area contributed by atoms with E-state index in [9.17, 15) is 0 Å². The number of fused-ring (bicyclic) bond motifs is 1. The van der Waals surface area contributed by atoms with Crippen LogP contribution in [-0.2, 0) is 13.2 Å². The molecule has 1 aromatic heterocycles. The molecule has 0 unspecified atom stereocenters. The number of hydrogen-bond acceptors (Lipinski definition) is 4. The summed E-state index contributed by atoms with van der Waals surface area (Å²) in [7, 11) is 0. The summed E-state index contributed by atoms with van der Waals surface area (Å²) < 4.78 is 6.14. The molecule has 0 fully saturated rings. The Labute approximate surface area is 171 Å². The molecule has 0 bridgehead atoms. The van der Waals surface area contributed by atoms with Crippen molar-refractivity contribution in [3.63, 3.8) is 0 Å². The fourth-order valence-electron chi connectivity index (χ4n) is 2.90. The Morgan fingerprint density at radius 2 is 1.93 bits per heavy atom. The van der Waals surface area contributed by atoms with E-state index in [1.807, 2.05) is 35.7 Å². The van der Waals surface area contributed by atoms with Crippen molar-refractivity contribution in [3.8, 4) is 5.75 Å². The number of nitrogens with one attached hydrogen (secondary N) is 1. The van der Waals surface area contributed by atoms with Gasteiger partial charge in [0.15, 0.2) is 5.13 Å². The Morgan fingerprint density at radius 3 is 2.74 bits per heavy atom. The van der Waals surface area contributed by atoms with Crippen LogP contribution in [0.15, 0.2) is 66.2 Å². The molecule has 0 radical (unpaired) electrons. The van der Waals surface area contributed by atoms with Gasteiger partial charge in [0.1, 0.15) is 12.4 Å². The Bertz CT molecular complexity index is 1070. The van der Waals surface area contributed by atoms with E-state index in [0.29, 0.717) is 23.2 Å². The van der Waals surface area contributed by atoms with Crippen molar-refractivity contribution in [2.75, 3.05) is 5.32 Å². The Hall–Kier alpha value is -2.27. The molecular weight excluding hydrogens is 399 g/mol. The number of aromatic nitrogens is 1. The van der Waals surface area contributed by atoms with Gasteiger partial charge >= 0.3 is 0 Å². The zero-order chi connectivity index (χ0) is 18.6. The highest BCUT2D eigenvalue weighted by Crippen LogP contribution is 2.31. The predicted octanol–water partition coefficient (Wildman–Crippen LogP) is 6.79. The molecule has 4 aromatic rings. The van der Waals surface area contributed by atoms with Gasteiger partial charge in [-0.3, -0.25) is 0 Å². The van der Waals surface area contributed by atoms with Crippen LogP contribution in [0, 0.1) is 0 Å². The number of anilines is 1. The van der Waals surface area contributed by atoms with Crippen LogP contribution in [0.5, 0.6) is 5.75 Å². The highest BCUT2D eigenvalue weighted by molar-refractivity contribution is 7.13. The van der Waals surface area contributed by atoms with Gasteiger partial charge in [-0.05, 0) is 29.0 Å². The van der Waals surface area contributed by atoms with Crippen LogP contribution < -0.4 is 10.1 Å². The van der Waals surface area contributed by atoms with Crippen LogP contribution >= 0.6 is 34.5 Å². The molecule has 27 heavy (non-hydrogen) atoms. The summed E-state index contributed by atoms with van der Waals surface area (Å²) in [5.41, 5.74) is 1.99. The van der Waals surface area contributed by atoms with E-state index in [-0.39, 0.29) is 0 Å². The van der Waals surface area contributed by atoms with E-state index in [1.165, 1.54) is 5.39 Å². The number of rotatable bonds is 6. The zero-order valence-corrected chi connectivity index (χ0v) is 16.6. The first-order valence-corrected chi connectivity index (χ1v) is 10.0. The first-order valence-electron chi connectivity index (χ1n) is 8.41. The van der Waals surface area contributed by atoms with Gasteiger partial charge in [0.05, 0.1) is 0 Å². The minimum Gasteiger partial charge on any atom is -0.488 e. The van der Waals surface area contributed by atoms with E-state index >= 15 is 0 Å². The van der Waals surface area contributed by atoms with Gasteiger partial charge in [-0.25, -0.2) is 4.98 Å². The molecule has 0 aliphatic rings. The van der Waals surface area contributed by atoms with Crippen molar-refractivity contribution in [1.82, 2.24) is 4.98 Å². The lowest BCUT2D eigenvalue weighted by Crippen LogP contribution is -2.04. The monoisotopic (exact) mass is 414 g/mol. The molecule has 4 rings (SSSR count). The molecule has 3 nitrogen and oxygen atoms in total. The summed E-state index contributed by atoms with van der Waals surface area (Å²) in [6.45, 7) is 0.997. The molecule has 0 aliphatic heterocycles. The number of nitrogens with zero attached hydrogens (tertiary/aromatic N) is 1. The van der Waals surface area contributed by atoms with E-state index in [1.54, 1.807) is 23.6 Å².